The molecule has 0 aliphatic carbocycles. The van der Waals surface area contributed by atoms with Crippen LogP contribution in [0.5, 0.6) is 0 Å². The molecule has 1 aromatic heterocycles. The summed E-state index contributed by atoms with van der Waals surface area (Å²) < 4.78 is 11.6. The normalized spacial score (nSPS) is 10.1. The molecule has 0 radical (unpaired) electrons. The number of nitrogens with zero attached hydrogens (tertiary/aromatic N) is 1. The number of esters is 2. The Hall–Kier alpha value is -2.56. The maximum atomic E-state index is 11.7. The molecule has 1 aromatic carbocycles. The molecule has 0 amide bonds. The smallest absolute Gasteiger partial charge is 0.337 e. The highest BCUT2D eigenvalue weighted by Crippen LogP contribution is 2.16. The number of hydrogen-bond acceptors (Lipinski definition) is 4. The molecule has 20 heavy (non-hydrogen) atoms. The van der Waals surface area contributed by atoms with Gasteiger partial charge in [-0.05, 0) is 35.9 Å². The van der Waals surface area contributed by atoms with Crippen molar-refractivity contribution in [3.05, 3.63) is 53.9 Å². The summed E-state index contributed by atoms with van der Waals surface area (Å²) in [7, 11) is 1.33. The number of methoxy groups -OCH3 is 1. The fourth-order valence-electron chi connectivity index (χ4n) is 1.83. The van der Waals surface area contributed by atoms with E-state index < -0.39 is 5.97 Å². The Morgan fingerprint density at radius 3 is 2.45 bits per heavy atom. The first-order valence-corrected chi connectivity index (χ1v) is 6.09. The van der Waals surface area contributed by atoms with Crippen molar-refractivity contribution in [1.29, 1.82) is 0 Å². The number of hydrogen-bond donors (Lipinski definition) is 0. The molecule has 0 fully saturated rings. The quantitative estimate of drug-likeness (QED) is 0.802. The summed E-state index contributed by atoms with van der Waals surface area (Å²) in [4.78, 5) is 22.6. The molecule has 2 aromatic rings. The van der Waals surface area contributed by atoms with Gasteiger partial charge in [0.25, 0.3) is 0 Å². The fourth-order valence-corrected chi connectivity index (χ4v) is 1.83. The number of aromatic nitrogens is 1. The zero-order valence-corrected chi connectivity index (χ0v) is 11.3. The van der Waals surface area contributed by atoms with E-state index in [1.54, 1.807) is 12.1 Å². The summed E-state index contributed by atoms with van der Waals surface area (Å²) in [6, 6.07) is 9.01. The van der Waals surface area contributed by atoms with Gasteiger partial charge in [0.05, 0.1) is 12.7 Å². The van der Waals surface area contributed by atoms with Gasteiger partial charge in [-0.25, -0.2) is 4.79 Å². The lowest BCUT2D eigenvalue weighted by Gasteiger charge is -2.10. The van der Waals surface area contributed by atoms with E-state index >= 15 is 0 Å². The lowest BCUT2D eigenvalue weighted by Crippen LogP contribution is -2.06. The average molecular weight is 273 g/mol. The molecule has 104 valence electrons. The molecule has 0 bridgehead atoms. The topological polar surface area (TPSA) is 57.5 Å². The summed E-state index contributed by atoms with van der Waals surface area (Å²) >= 11 is 0. The highest BCUT2D eigenvalue weighted by Gasteiger charge is 2.10. The van der Waals surface area contributed by atoms with E-state index in [9.17, 15) is 9.59 Å². The maximum absolute atomic E-state index is 11.7. The van der Waals surface area contributed by atoms with Crippen LogP contribution in [0.4, 0.5) is 0 Å². The molecule has 0 aliphatic rings. The SMILES string of the molecule is COC(=O)c1cc(COC(C)=O)cc(-n2cccc2)c1. The Morgan fingerprint density at radius 2 is 1.85 bits per heavy atom. The van der Waals surface area contributed by atoms with Crippen LogP contribution in [-0.2, 0) is 20.9 Å². The van der Waals surface area contributed by atoms with Gasteiger partial charge >= 0.3 is 11.9 Å². The molecule has 5 nitrogen and oxygen atoms in total. The van der Waals surface area contributed by atoms with Gasteiger partial charge in [-0.15, -0.1) is 0 Å². The molecule has 0 saturated carbocycles. The van der Waals surface area contributed by atoms with E-state index in [1.165, 1.54) is 14.0 Å². The van der Waals surface area contributed by atoms with Crippen molar-refractivity contribution in [3.63, 3.8) is 0 Å². The second-order valence-electron chi connectivity index (χ2n) is 4.25. The second-order valence-corrected chi connectivity index (χ2v) is 4.25. The van der Waals surface area contributed by atoms with Crippen molar-refractivity contribution < 1.29 is 19.1 Å². The number of carbonyl (C=O) groups is 2. The van der Waals surface area contributed by atoms with Gasteiger partial charge < -0.3 is 14.0 Å². The van der Waals surface area contributed by atoms with E-state index in [1.807, 2.05) is 35.2 Å². The van der Waals surface area contributed by atoms with Gasteiger partial charge in [0.15, 0.2) is 0 Å². The van der Waals surface area contributed by atoms with Crippen LogP contribution in [0, 0.1) is 0 Å². The summed E-state index contributed by atoms with van der Waals surface area (Å²) in [5, 5.41) is 0. The van der Waals surface area contributed by atoms with Crippen LogP contribution >= 0.6 is 0 Å². The molecular weight excluding hydrogens is 258 g/mol. The number of benzene rings is 1. The molecule has 0 aliphatic heterocycles. The molecule has 5 heteroatoms. The van der Waals surface area contributed by atoms with Crippen molar-refractivity contribution in [2.45, 2.75) is 13.5 Å². The zero-order valence-electron chi connectivity index (χ0n) is 11.3. The van der Waals surface area contributed by atoms with Gasteiger partial charge in [0.2, 0.25) is 0 Å². The highest BCUT2D eigenvalue weighted by atomic mass is 16.5. The van der Waals surface area contributed by atoms with Crippen molar-refractivity contribution >= 4 is 11.9 Å². The van der Waals surface area contributed by atoms with Crippen LogP contribution in [0.15, 0.2) is 42.7 Å². The van der Waals surface area contributed by atoms with E-state index in [0.29, 0.717) is 5.56 Å². The molecule has 0 N–H and O–H groups in total. The third kappa shape index (κ3) is 3.26. The maximum Gasteiger partial charge on any atom is 0.337 e. The monoisotopic (exact) mass is 273 g/mol. The third-order valence-corrected chi connectivity index (χ3v) is 2.74. The van der Waals surface area contributed by atoms with Crippen molar-refractivity contribution in [3.8, 4) is 5.69 Å². The molecule has 2 rings (SSSR count). The molecule has 0 unspecified atom stereocenters. The Labute approximate surface area is 116 Å². The molecule has 0 spiro atoms. The standard InChI is InChI=1S/C15H15NO4/c1-11(17)20-10-12-7-13(15(18)19-2)9-14(8-12)16-5-3-4-6-16/h3-9H,10H2,1-2H3. The molecular formula is C15H15NO4. The fraction of sp³-hybridized carbons (Fsp3) is 0.200. The first-order chi connectivity index (χ1) is 9.60. The Bertz CT molecular complexity index is 617. The first kappa shape index (κ1) is 13.9. The van der Waals surface area contributed by atoms with Crippen LogP contribution in [-0.4, -0.2) is 23.6 Å². The summed E-state index contributed by atoms with van der Waals surface area (Å²) in [6.45, 7) is 1.46. The zero-order chi connectivity index (χ0) is 14.5. The Morgan fingerprint density at radius 1 is 1.15 bits per heavy atom. The predicted octanol–water partition coefficient (Wildman–Crippen LogP) is 2.33. The lowest BCUT2D eigenvalue weighted by atomic mass is 10.1. The van der Waals surface area contributed by atoms with Gasteiger partial charge in [-0.2, -0.15) is 0 Å². The molecule has 0 atom stereocenters. The van der Waals surface area contributed by atoms with E-state index in [0.717, 1.165) is 11.3 Å². The number of ether oxygens (including phenoxy) is 2. The number of carbonyl (C=O) groups excluding carboxylic acids is 2. The minimum absolute atomic E-state index is 0.119. The summed E-state index contributed by atoms with van der Waals surface area (Å²) in [5.74, 6) is -0.793. The lowest BCUT2D eigenvalue weighted by molar-refractivity contribution is -0.142. The van der Waals surface area contributed by atoms with Crippen LogP contribution in [0.2, 0.25) is 0 Å². The molecule has 1 heterocycles. The van der Waals surface area contributed by atoms with Crippen molar-refractivity contribution in [2.24, 2.45) is 0 Å². The van der Waals surface area contributed by atoms with Gasteiger partial charge in [0.1, 0.15) is 6.61 Å². The number of rotatable bonds is 4. The van der Waals surface area contributed by atoms with Crippen LogP contribution in [0.3, 0.4) is 0 Å². The van der Waals surface area contributed by atoms with Crippen molar-refractivity contribution in [1.82, 2.24) is 4.57 Å². The summed E-state index contributed by atoms with van der Waals surface area (Å²) in [5.41, 5.74) is 1.95. The van der Waals surface area contributed by atoms with E-state index in [2.05, 4.69) is 0 Å². The van der Waals surface area contributed by atoms with Gasteiger partial charge in [-0.1, -0.05) is 0 Å². The third-order valence-electron chi connectivity index (χ3n) is 2.74. The molecule has 0 saturated heterocycles. The first-order valence-electron chi connectivity index (χ1n) is 6.09. The predicted molar refractivity (Wildman–Crippen MR) is 72.6 cm³/mol. The highest BCUT2D eigenvalue weighted by molar-refractivity contribution is 5.90. The minimum atomic E-state index is -0.428. The van der Waals surface area contributed by atoms with Gasteiger partial charge in [0, 0.05) is 25.0 Å². The Balaban J connectivity index is 2.38. The Kier molecular flexibility index (Phi) is 4.20. The van der Waals surface area contributed by atoms with Crippen LogP contribution in [0.1, 0.15) is 22.8 Å². The van der Waals surface area contributed by atoms with E-state index in [4.69, 9.17) is 9.47 Å². The van der Waals surface area contributed by atoms with Crippen molar-refractivity contribution in [2.75, 3.05) is 7.11 Å². The largest absolute Gasteiger partial charge is 0.465 e. The van der Waals surface area contributed by atoms with E-state index in [-0.39, 0.29) is 12.6 Å². The minimum Gasteiger partial charge on any atom is -0.465 e. The second kappa shape index (κ2) is 6.06. The van der Waals surface area contributed by atoms with Gasteiger partial charge in [-0.3, -0.25) is 4.79 Å². The van der Waals surface area contributed by atoms with Crippen LogP contribution < -0.4 is 0 Å². The van der Waals surface area contributed by atoms with Crippen LogP contribution in [0.25, 0.3) is 5.69 Å². The summed E-state index contributed by atoms with van der Waals surface area (Å²) in [6.07, 6.45) is 3.73. The average Bonchev–Trinajstić information content (AvgIpc) is 2.98.